The monoisotopic (exact) mass is 238 g/mol. The first-order chi connectivity index (χ1) is 7.63. The molecule has 1 aromatic carbocycles. The summed E-state index contributed by atoms with van der Waals surface area (Å²) in [7, 11) is 1.93. The lowest BCUT2D eigenvalue weighted by Gasteiger charge is -2.44. The first-order valence-corrected chi connectivity index (χ1v) is 5.88. The Kier molecular flexibility index (Phi) is 1.53. The standard InChI is InChI=1S/C10H10N2O3S/c1-11-6-12(13)5-10(14-15-10)7-3-2-4-8(16-11)9(7)12/h2-4H,5-6H2,1H3. The molecule has 4 rings (SSSR count). The Balaban J connectivity index is 2.00. The molecule has 0 bridgehead atoms. The van der Waals surface area contributed by atoms with Gasteiger partial charge in [0.15, 0.2) is 5.69 Å². The molecule has 84 valence electrons. The van der Waals surface area contributed by atoms with E-state index in [2.05, 4.69) is 0 Å². The van der Waals surface area contributed by atoms with Crippen LogP contribution in [-0.4, -0.2) is 24.6 Å². The summed E-state index contributed by atoms with van der Waals surface area (Å²) in [6.45, 7) is 0.757. The van der Waals surface area contributed by atoms with Crippen LogP contribution in [0, 0.1) is 5.21 Å². The number of nitrogens with zero attached hydrogens (tertiary/aromatic N) is 2. The Morgan fingerprint density at radius 2 is 2.31 bits per heavy atom. The molecule has 1 spiro atoms. The van der Waals surface area contributed by atoms with Gasteiger partial charge < -0.3 is 9.85 Å². The zero-order valence-corrected chi connectivity index (χ0v) is 9.49. The molecular weight excluding hydrogens is 228 g/mol. The van der Waals surface area contributed by atoms with Gasteiger partial charge in [0.2, 0.25) is 0 Å². The fourth-order valence-corrected chi connectivity index (χ4v) is 3.74. The summed E-state index contributed by atoms with van der Waals surface area (Å²) in [4.78, 5) is 11.1. The summed E-state index contributed by atoms with van der Waals surface area (Å²) in [5.74, 6) is -0.751. The molecule has 0 amide bonds. The van der Waals surface area contributed by atoms with Crippen molar-refractivity contribution in [3.8, 4) is 0 Å². The third-order valence-electron chi connectivity index (χ3n) is 3.25. The van der Waals surface area contributed by atoms with Crippen molar-refractivity contribution in [1.29, 1.82) is 0 Å². The van der Waals surface area contributed by atoms with Crippen molar-refractivity contribution in [2.45, 2.75) is 10.7 Å². The number of hydrogen-bond acceptors (Lipinski definition) is 5. The third-order valence-corrected chi connectivity index (χ3v) is 4.20. The Bertz CT molecular complexity index is 491. The minimum absolute atomic E-state index is 0.324. The second-order valence-electron chi connectivity index (χ2n) is 4.48. The highest BCUT2D eigenvalue weighted by molar-refractivity contribution is 7.97. The average molecular weight is 238 g/mol. The molecule has 1 atom stereocenters. The second kappa shape index (κ2) is 2.61. The van der Waals surface area contributed by atoms with Gasteiger partial charge in [-0.3, -0.25) is 0 Å². The summed E-state index contributed by atoms with van der Waals surface area (Å²) in [5, 5.41) is 12.8. The first kappa shape index (κ1) is 9.41. The van der Waals surface area contributed by atoms with Crippen LogP contribution in [0.15, 0.2) is 23.1 Å². The van der Waals surface area contributed by atoms with Crippen LogP contribution >= 0.6 is 11.9 Å². The van der Waals surface area contributed by atoms with Crippen LogP contribution in [0.1, 0.15) is 5.56 Å². The number of hydrogen-bond donors (Lipinski definition) is 0. The van der Waals surface area contributed by atoms with Crippen molar-refractivity contribution in [1.82, 2.24) is 8.95 Å². The van der Waals surface area contributed by atoms with Crippen molar-refractivity contribution < 1.29 is 9.78 Å². The molecule has 1 aromatic rings. The van der Waals surface area contributed by atoms with Gasteiger partial charge in [-0.05, 0) is 24.1 Å². The van der Waals surface area contributed by atoms with Crippen LogP contribution in [0.2, 0.25) is 0 Å². The number of quaternary nitrogens is 1. The van der Waals surface area contributed by atoms with E-state index in [1.54, 1.807) is 11.9 Å². The lowest BCUT2D eigenvalue weighted by atomic mass is 10.1. The summed E-state index contributed by atoms with van der Waals surface area (Å²) >= 11 is 1.60. The molecule has 0 radical (unpaired) electrons. The van der Waals surface area contributed by atoms with E-state index in [0.29, 0.717) is 13.2 Å². The van der Waals surface area contributed by atoms with Gasteiger partial charge in [0.05, 0.1) is 10.5 Å². The molecule has 1 unspecified atom stereocenters. The highest BCUT2D eigenvalue weighted by atomic mass is 32.2. The zero-order valence-electron chi connectivity index (χ0n) is 8.67. The summed E-state index contributed by atoms with van der Waals surface area (Å²) < 4.78 is 1.59. The Morgan fingerprint density at radius 3 is 3.06 bits per heavy atom. The van der Waals surface area contributed by atoms with E-state index < -0.39 is 5.79 Å². The van der Waals surface area contributed by atoms with Crippen LogP contribution in [0.5, 0.6) is 0 Å². The van der Waals surface area contributed by atoms with E-state index in [9.17, 15) is 5.21 Å². The van der Waals surface area contributed by atoms with Crippen LogP contribution in [0.25, 0.3) is 0 Å². The van der Waals surface area contributed by atoms with Crippen molar-refractivity contribution in [3.05, 3.63) is 29.0 Å². The predicted molar refractivity (Wildman–Crippen MR) is 58.8 cm³/mol. The van der Waals surface area contributed by atoms with Gasteiger partial charge in [-0.15, -0.1) is 0 Å². The fourth-order valence-electron chi connectivity index (χ4n) is 2.66. The quantitative estimate of drug-likeness (QED) is 0.225. The maximum atomic E-state index is 12.8. The molecule has 3 aliphatic rings. The lowest BCUT2D eigenvalue weighted by molar-refractivity contribution is 0.0850. The second-order valence-corrected chi connectivity index (χ2v) is 5.73. The Labute approximate surface area is 96.8 Å². The van der Waals surface area contributed by atoms with Crippen molar-refractivity contribution in [2.24, 2.45) is 0 Å². The Hall–Kier alpha value is -0.630. The summed E-state index contributed by atoms with van der Waals surface area (Å²) in [5.41, 5.74) is 1.73. The minimum Gasteiger partial charge on any atom is -0.626 e. The number of benzene rings is 1. The van der Waals surface area contributed by atoms with Gasteiger partial charge in [-0.1, -0.05) is 6.07 Å². The van der Waals surface area contributed by atoms with Crippen molar-refractivity contribution in [3.63, 3.8) is 0 Å². The van der Waals surface area contributed by atoms with E-state index >= 15 is 0 Å². The summed E-state index contributed by atoms with van der Waals surface area (Å²) in [6, 6.07) is 5.85. The molecule has 1 fully saturated rings. The number of rotatable bonds is 0. The fraction of sp³-hybridized carbons (Fsp3) is 0.400. The van der Waals surface area contributed by atoms with E-state index in [1.807, 2.05) is 29.6 Å². The molecule has 3 heterocycles. The van der Waals surface area contributed by atoms with Crippen molar-refractivity contribution >= 4 is 17.6 Å². The van der Waals surface area contributed by atoms with Crippen LogP contribution in [0.4, 0.5) is 5.69 Å². The largest absolute Gasteiger partial charge is 0.626 e. The average Bonchev–Trinajstić information content (AvgIpc) is 2.91. The Morgan fingerprint density at radius 1 is 1.50 bits per heavy atom. The smallest absolute Gasteiger partial charge is 0.313 e. The normalized spacial score (nSPS) is 34.1. The van der Waals surface area contributed by atoms with Gasteiger partial charge in [-0.2, -0.15) is 14.1 Å². The number of para-hydroxylation sites is 1. The van der Waals surface area contributed by atoms with Gasteiger partial charge in [0.1, 0.15) is 13.2 Å². The molecule has 1 saturated heterocycles. The zero-order chi connectivity index (χ0) is 11.0. The third kappa shape index (κ3) is 0.994. The van der Waals surface area contributed by atoms with Gasteiger partial charge >= 0.3 is 5.79 Å². The highest BCUT2D eigenvalue weighted by Crippen LogP contribution is 2.58. The highest BCUT2D eigenvalue weighted by Gasteiger charge is 2.65. The maximum Gasteiger partial charge on any atom is 0.313 e. The molecule has 0 N–H and O–H groups in total. The molecule has 0 aromatic heterocycles. The SMILES string of the molecule is CN1C[N+]2([O-])CC3(OO3)c3cccc(c32)S1. The van der Waals surface area contributed by atoms with E-state index in [1.165, 1.54) is 0 Å². The van der Waals surface area contributed by atoms with Crippen LogP contribution in [0.3, 0.4) is 0 Å². The van der Waals surface area contributed by atoms with Gasteiger partial charge in [0.25, 0.3) is 0 Å². The van der Waals surface area contributed by atoms with Crippen LogP contribution < -0.4 is 4.65 Å². The molecule has 16 heavy (non-hydrogen) atoms. The molecular formula is C10H10N2O3S. The number of fused-ring (bicyclic) bond motifs is 1. The number of hydroxylamine groups is 2. The van der Waals surface area contributed by atoms with E-state index in [4.69, 9.17) is 9.78 Å². The predicted octanol–water partition coefficient (Wildman–Crippen LogP) is 1.53. The first-order valence-electron chi connectivity index (χ1n) is 5.11. The minimum atomic E-state index is -0.751. The maximum absolute atomic E-state index is 12.8. The van der Waals surface area contributed by atoms with Gasteiger partial charge in [-0.25, -0.2) is 0 Å². The van der Waals surface area contributed by atoms with E-state index in [0.717, 1.165) is 16.1 Å². The molecule has 5 nitrogen and oxygen atoms in total. The van der Waals surface area contributed by atoms with Gasteiger partial charge in [0, 0.05) is 7.05 Å². The van der Waals surface area contributed by atoms with Crippen LogP contribution in [-0.2, 0) is 15.6 Å². The molecule has 0 aliphatic carbocycles. The topological polar surface area (TPSA) is 51.4 Å². The summed E-state index contributed by atoms with van der Waals surface area (Å²) in [6.07, 6.45) is 0. The molecule has 6 heteroatoms. The lowest BCUT2D eigenvalue weighted by Crippen LogP contribution is -2.50. The molecule has 0 saturated carbocycles. The molecule has 3 aliphatic heterocycles. The van der Waals surface area contributed by atoms with Crippen molar-refractivity contribution in [2.75, 3.05) is 20.3 Å². The van der Waals surface area contributed by atoms with E-state index in [-0.39, 0.29) is 4.65 Å².